The highest BCUT2D eigenvalue weighted by Gasteiger charge is 2.35. The molecular weight excluding hydrogens is 194 g/mol. The van der Waals surface area contributed by atoms with Gasteiger partial charge >= 0.3 is 0 Å². The quantitative estimate of drug-likeness (QED) is 0.708. The summed E-state index contributed by atoms with van der Waals surface area (Å²) in [7, 11) is 3.05. The van der Waals surface area contributed by atoms with Crippen molar-refractivity contribution in [2.24, 2.45) is 5.41 Å². The number of carbonyl (C=O) groups excluding carboxylic acids is 1. The van der Waals surface area contributed by atoms with Gasteiger partial charge in [0.25, 0.3) is 0 Å². The van der Waals surface area contributed by atoms with E-state index in [1.54, 1.807) is 20.0 Å². The zero-order chi connectivity index (χ0) is 11.8. The van der Waals surface area contributed by atoms with Crippen molar-refractivity contribution in [1.82, 2.24) is 5.06 Å². The van der Waals surface area contributed by atoms with Crippen molar-refractivity contribution < 1.29 is 14.7 Å². The smallest absolute Gasteiger partial charge is 0.210 e. The summed E-state index contributed by atoms with van der Waals surface area (Å²) in [5.41, 5.74) is 0.305. The van der Waals surface area contributed by atoms with E-state index in [4.69, 9.17) is 4.84 Å². The lowest BCUT2D eigenvalue weighted by Crippen LogP contribution is -2.32. The van der Waals surface area contributed by atoms with Gasteiger partial charge in [-0.2, -0.15) is 0 Å². The van der Waals surface area contributed by atoms with E-state index in [9.17, 15) is 9.90 Å². The lowest BCUT2D eigenvalue weighted by molar-refractivity contribution is -0.126. The molecule has 0 spiro atoms. The van der Waals surface area contributed by atoms with Gasteiger partial charge in [0, 0.05) is 12.5 Å². The minimum absolute atomic E-state index is 0.0439. The van der Waals surface area contributed by atoms with Crippen LogP contribution in [0.3, 0.4) is 0 Å². The fourth-order valence-corrected chi connectivity index (χ4v) is 1.66. The molecule has 0 bridgehead atoms. The number of carbonyl (C=O) groups is 1. The highest BCUT2D eigenvalue weighted by molar-refractivity contribution is 6.08. The predicted molar refractivity (Wildman–Crippen MR) is 57.0 cm³/mol. The predicted octanol–water partition coefficient (Wildman–Crippen LogP) is 1.80. The van der Waals surface area contributed by atoms with Crippen molar-refractivity contribution in [3.63, 3.8) is 0 Å². The summed E-state index contributed by atoms with van der Waals surface area (Å²) >= 11 is 0. The fourth-order valence-electron chi connectivity index (χ4n) is 1.66. The maximum Gasteiger partial charge on any atom is 0.210 e. The number of Topliss-reactive ketones (excluding diaryl/α,β-unsaturated/α-hetero) is 1. The third-order valence-electron chi connectivity index (χ3n) is 2.57. The molecule has 0 aromatic rings. The fraction of sp³-hybridized carbons (Fsp3) is 0.545. The van der Waals surface area contributed by atoms with Crippen molar-refractivity contribution >= 4 is 5.78 Å². The molecule has 0 unspecified atom stereocenters. The molecule has 0 aromatic carbocycles. The van der Waals surface area contributed by atoms with Crippen LogP contribution in [0, 0.1) is 5.41 Å². The molecule has 0 saturated heterocycles. The summed E-state index contributed by atoms with van der Waals surface area (Å²) < 4.78 is 0. The second kappa shape index (κ2) is 3.70. The van der Waals surface area contributed by atoms with E-state index in [-0.39, 0.29) is 17.2 Å². The Morgan fingerprint density at radius 1 is 1.47 bits per heavy atom. The Balaban J connectivity index is 3.27. The minimum Gasteiger partial charge on any atom is -0.509 e. The van der Waals surface area contributed by atoms with E-state index < -0.39 is 5.41 Å². The van der Waals surface area contributed by atoms with Crippen LogP contribution in [0.25, 0.3) is 0 Å². The summed E-state index contributed by atoms with van der Waals surface area (Å²) in [5, 5.41) is 11.3. The van der Waals surface area contributed by atoms with Crippen LogP contribution in [-0.2, 0) is 9.63 Å². The first-order valence-corrected chi connectivity index (χ1v) is 4.77. The maximum atomic E-state index is 11.8. The Hall–Kier alpha value is -1.29. The van der Waals surface area contributed by atoms with E-state index in [0.29, 0.717) is 5.57 Å². The SMILES string of the molecule is CON(C)C1=C(O)C(C)(C)C=C(C)C1=O. The first-order valence-electron chi connectivity index (χ1n) is 4.77. The summed E-state index contributed by atoms with van der Waals surface area (Å²) in [6.45, 7) is 5.43. The molecule has 15 heavy (non-hydrogen) atoms. The number of nitrogens with zero attached hydrogens (tertiary/aromatic N) is 1. The highest BCUT2D eigenvalue weighted by Crippen LogP contribution is 2.35. The average molecular weight is 211 g/mol. The lowest BCUT2D eigenvalue weighted by Gasteiger charge is -2.31. The van der Waals surface area contributed by atoms with Crippen LogP contribution in [0.15, 0.2) is 23.1 Å². The molecule has 0 heterocycles. The van der Waals surface area contributed by atoms with Gasteiger partial charge in [0.05, 0.1) is 7.11 Å². The van der Waals surface area contributed by atoms with Crippen LogP contribution >= 0.6 is 0 Å². The highest BCUT2D eigenvalue weighted by atomic mass is 16.7. The number of rotatable bonds is 2. The number of aliphatic hydroxyl groups is 1. The molecule has 0 amide bonds. The molecule has 84 valence electrons. The number of allylic oxidation sites excluding steroid dienone is 2. The van der Waals surface area contributed by atoms with E-state index >= 15 is 0 Å². The third kappa shape index (κ3) is 1.90. The standard InChI is InChI=1S/C11H17NO3/c1-7-6-11(2,3)10(14)8(9(7)13)12(4)15-5/h6,14H,1-5H3. The summed E-state index contributed by atoms with van der Waals surface area (Å²) in [4.78, 5) is 16.8. The van der Waals surface area contributed by atoms with Crippen molar-refractivity contribution in [1.29, 1.82) is 0 Å². The van der Waals surface area contributed by atoms with Gasteiger partial charge in [0.15, 0.2) is 0 Å². The molecule has 0 fully saturated rings. The number of aliphatic hydroxyl groups excluding tert-OH is 1. The lowest BCUT2D eigenvalue weighted by atomic mass is 9.81. The van der Waals surface area contributed by atoms with E-state index in [1.165, 1.54) is 12.2 Å². The first kappa shape index (κ1) is 11.8. The van der Waals surface area contributed by atoms with Gasteiger partial charge in [0.1, 0.15) is 11.5 Å². The second-order valence-corrected chi connectivity index (χ2v) is 4.26. The number of hydrogen-bond acceptors (Lipinski definition) is 4. The largest absolute Gasteiger partial charge is 0.509 e. The van der Waals surface area contributed by atoms with Crippen LogP contribution in [0.1, 0.15) is 20.8 Å². The molecular formula is C11H17NO3. The number of likely N-dealkylation sites (N-methyl/N-ethyl adjacent to an activating group) is 1. The van der Waals surface area contributed by atoms with Crippen LogP contribution in [0.2, 0.25) is 0 Å². The third-order valence-corrected chi connectivity index (χ3v) is 2.57. The van der Waals surface area contributed by atoms with Gasteiger partial charge in [-0.1, -0.05) is 6.08 Å². The Bertz CT molecular complexity index is 353. The van der Waals surface area contributed by atoms with Gasteiger partial charge < -0.3 is 5.11 Å². The summed E-state index contributed by atoms with van der Waals surface area (Å²) in [6.07, 6.45) is 1.76. The molecule has 0 saturated carbocycles. The van der Waals surface area contributed by atoms with Gasteiger partial charge in [-0.3, -0.25) is 14.7 Å². The molecule has 1 aliphatic carbocycles. The summed E-state index contributed by atoms with van der Waals surface area (Å²) in [6, 6.07) is 0. The van der Waals surface area contributed by atoms with Crippen LogP contribution in [0.5, 0.6) is 0 Å². The van der Waals surface area contributed by atoms with Crippen LogP contribution in [0.4, 0.5) is 0 Å². The Labute approximate surface area is 89.8 Å². The molecule has 1 aliphatic rings. The minimum atomic E-state index is -0.528. The Morgan fingerprint density at radius 2 is 2.00 bits per heavy atom. The van der Waals surface area contributed by atoms with E-state index in [2.05, 4.69) is 0 Å². The van der Waals surface area contributed by atoms with Crippen molar-refractivity contribution in [2.45, 2.75) is 20.8 Å². The topological polar surface area (TPSA) is 49.8 Å². The van der Waals surface area contributed by atoms with E-state index in [0.717, 1.165) is 0 Å². The van der Waals surface area contributed by atoms with E-state index in [1.807, 2.05) is 13.8 Å². The molecule has 0 aromatic heterocycles. The van der Waals surface area contributed by atoms with Gasteiger partial charge in [-0.25, -0.2) is 0 Å². The zero-order valence-electron chi connectivity index (χ0n) is 9.79. The van der Waals surface area contributed by atoms with Crippen LogP contribution in [-0.4, -0.2) is 30.1 Å². The second-order valence-electron chi connectivity index (χ2n) is 4.26. The van der Waals surface area contributed by atoms with Gasteiger partial charge in [0.2, 0.25) is 5.78 Å². The van der Waals surface area contributed by atoms with Crippen molar-refractivity contribution in [3.05, 3.63) is 23.1 Å². The molecule has 0 aliphatic heterocycles. The monoisotopic (exact) mass is 211 g/mol. The first-order chi connectivity index (χ1) is 6.81. The maximum absolute atomic E-state index is 11.8. The zero-order valence-corrected chi connectivity index (χ0v) is 9.79. The number of ketones is 1. The summed E-state index contributed by atoms with van der Waals surface area (Å²) in [5.74, 6) is -0.154. The Morgan fingerprint density at radius 3 is 2.47 bits per heavy atom. The van der Waals surface area contributed by atoms with Gasteiger partial charge in [-0.05, 0) is 26.3 Å². The number of hydrogen-bond donors (Lipinski definition) is 1. The molecule has 4 heteroatoms. The van der Waals surface area contributed by atoms with Gasteiger partial charge in [-0.15, -0.1) is 0 Å². The molecule has 0 radical (unpaired) electrons. The van der Waals surface area contributed by atoms with Crippen LogP contribution < -0.4 is 0 Å². The normalized spacial score (nSPS) is 20.3. The van der Waals surface area contributed by atoms with Crippen molar-refractivity contribution in [3.8, 4) is 0 Å². The molecule has 1 rings (SSSR count). The molecule has 1 N–H and O–H groups in total. The average Bonchev–Trinajstić information content (AvgIpc) is 2.14. The Kier molecular flexibility index (Phi) is 2.90. The molecule has 0 atom stereocenters. The molecule has 4 nitrogen and oxygen atoms in total. The number of hydroxylamine groups is 2. The van der Waals surface area contributed by atoms with Crippen molar-refractivity contribution in [2.75, 3.05) is 14.2 Å².